The Morgan fingerprint density at radius 2 is 1.91 bits per heavy atom. The molecule has 1 amide bonds. The van der Waals surface area contributed by atoms with E-state index in [9.17, 15) is 13.6 Å². The number of carbonyl (C=O) groups excluding carboxylic acids is 1. The first-order valence-corrected chi connectivity index (χ1v) is 11.2. The molecule has 0 bridgehead atoms. The van der Waals surface area contributed by atoms with E-state index < -0.39 is 6.61 Å². The zero-order chi connectivity index (χ0) is 23.6. The van der Waals surface area contributed by atoms with Gasteiger partial charge in [-0.25, -0.2) is 0 Å². The molecular formula is C25H31F2N3O3. The standard InChI is InChI=1S/C25H31F2N3O3/c1-3-32-23-18-20(7-9-22(23)33-25(26)27)8-10-24(31)28-11-12-29-13-15-30(16-14-29)21-6-4-5-19(2)17-21/h4-10,17-18,25H,3,11-16H2,1-2H3,(H,28,31)/b10-8+. The second kappa shape index (κ2) is 12.2. The van der Waals surface area contributed by atoms with Crippen LogP contribution in [0.4, 0.5) is 14.5 Å². The van der Waals surface area contributed by atoms with Crippen LogP contribution in [0.25, 0.3) is 6.08 Å². The maximum atomic E-state index is 12.5. The van der Waals surface area contributed by atoms with Gasteiger partial charge in [0.2, 0.25) is 5.91 Å². The molecule has 0 atom stereocenters. The Morgan fingerprint density at radius 1 is 1.12 bits per heavy atom. The maximum Gasteiger partial charge on any atom is 0.387 e. The number of aryl methyl sites for hydroxylation is 1. The highest BCUT2D eigenvalue weighted by atomic mass is 19.3. The number of rotatable bonds is 10. The van der Waals surface area contributed by atoms with Gasteiger partial charge in [0.1, 0.15) is 0 Å². The number of alkyl halides is 2. The molecule has 2 aromatic carbocycles. The van der Waals surface area contributed by atoms with Crippen molar-refractivity contribution in [2.24, 2.45) is 0 Å². The lowest BCUT2D eigenvalue weighted by molar-refractivity contribution is -0.116. The molecule has 8 heteroatoms. The predicted octanol–water partition coefficient (Wildman–Crippen LogP) is 3.95. The summed E-state index contributed by atoms with van der Waals surface area (Å²) in [7, 11) is 0. The van der Waals surface area contributed by atoms with Crippen LogP contribution in [0, 0.1) is 6.92 Å². The van der Waals surface area contributed by atoms with Gasteiger partial charge in [-0.1, -0.05) is 18.2 Å². The van der Waals surface area contributed by atoms with Gasteiger partial charge in [-0.3, -0.25) is 9.69 Å². The number of benzene rings is 2. The molecule has 1 heterocycles. The van der Waals surface area contributed by atoms with E-state index in [1.165, 1.54) is 23.4 Å². The molecule has 33 heavy (non-hydrogen) atoms. The van der Waals surface area contributed by atoms with Crippen molar-refractivity contribution in [2.45, 2.75) is 20.5 Å². The van der Waals surface area contributed by atoms with E-state index in [0.29, 0.717) is 18.7 Å². The smallest absolute Gasteiger partial charge is 0.387 e. The second-order valence-electron chi connectivity index (χ2n) is 7.81. The minimum absolute atomic E-state index is 0.0315. The zero-order valence-electron chi connectivity index (χ0n) is 19.1. The number of hydrogen-bond donors (Lipinski definition) is 1. The van der Waals surface area contributed by atoms with Gasteiger partial charge in [0.05, 0.1) is 6.61 Å². The molecule has 0 aliphatic carbocycles. The summed E-state index contributed by atoms with van der Waals surface area (Å²) in [6.45, 7) is 6.41. The average molecular weight is 460 g/mol. The number of anilines is 1. The van der Waals surface area contributed by atoms with Gasteiger partial charge in [-0.2, -0.15) is 8.78 Å². The van der Waals surface area contributed by atoms with Crippen LogP contribution in [-0.2, 0) is 4.79 Å². The molecule has 1 aliphatic rings. The molecule has 0 aromatic heterocycles. The molecule has 6 nitrogen and oxygen atoms in total. The van der Waals surface area contributed by atoms with Crippen LogP contribution in [0.2, 0.25) is 0 Å². The van der Waals surface area contributed by atoms with Gasteiger partial charge < -0.3 is 19.7 Å². The molecule has 178 valence electrons. The monoisotopic (exact) mass is 459 g/mol. The quantitative estimate of drug-likeness (QED) is 0.546. The summed E-state index contributed by atoms with van der Waals surface area (Å²) in [6, 6.07) is 13.1. The third-order valence-corrected chi connectivity index (χ3v) is 5.38. The van der Waals surface area contributed by atoms with Gasteiger partial charge in [-0.05, 0) is 55.3 Å². The van der Waals surface area contributed by atoms with Gasteiger partial charge in [0, 0.05) is 51.0 Å². The lowest BCUT2D eigenvalue weighted by atomic mass is 10.2. The van der Waals surface area contributed by atoms with E-state index in [0.717, 1.165) is 32.7 Å². The van der Waals surface area contributed by atoms with Gasteiger partial charge >= 0.3 is 6.61 Å². The molecule has 2 aromatic rings. The normalized spacial score (nSPS) is 14.6. The van der Waals surface area contributed by atoms with Crippen LogP contribution < -0.4 is 19.7 Å². The highest BCUT2D eigenvalue weighted by Gasteiger charge is 2.17. The van der Waals surface area contributed by atoms with Crippen LogP contribution >= 0.6 is 0 Å². The number of ether oxygens (including phenoxy) is 2. The summed E-state index contributed by atoms with van der Waals surface area (Å²) < 4.78 is 34.8. The molecular weight excluding hydrogens is 428 g/mol. The first-order chi connectivity index (χ1) is 15.9. The Bertz CT molecular complexity index is 944. The number of amides is 1. The Balaban J connectivity index is 1.42. The summed E-state index contributed by atoms with van der Waals surface area (Å²) in [5, 5.41) is 2.89. The number of nitrogens with one attached hydrogen (secondary N) is 1. The van der Waals surface area contributed by atoms with E-state index in [-0.39, 0.29) is 17.4 Å². The zero-order valence-corrected chi connectivity index (χ0v) is 19.1. The van der Waals surface area contributed by atoms with Crippen LogP contribution in [0.1, 0.15) is 18.1 Å². The van der Waals surface area contributed by atoms with Gasteiger partial charge in [-0.15, -0.1) is 0 Å². The van der Waals surface area contributed by atoms with Gasteiger partial charge in [0.25, 0.3) is 0 Å². The fraction of sp³-hybridized carbons (Fsp3) is 0.400. The molecule has 3 rings (SSSR count). The lowest BCUT2D eigenvalue weighted by Crippen LogP contribution is -2.48. The minimum Gasteiger partial charge on any atom is -0.490 e. The van der Waals surface area contributed by atoms with Crippen molar-refractivity contribution in [1.29, 1.82) is 0 Å². The van der Waals surface area contributed by atoms with Crippen molar-refractivity contribution in [3.8, 4) is 11.5 Å². The molecule has 0 radical (unpaired) electrons. The summed E-state index contributed by atoms with van der Waals surface area (Å²) in [5.74, 6) is -0.0274. The molecule has 0 unspecified atom stereocenters. The number of piperazine rings is 1. The van der Waals surface area contributed by atoms with E-state index in [4.69, 9.17) is 4.74 Å². The molecule has 0 saturated carbocycles. The largest absolute Gasteiger partial charge is 0.490 e. The minimum atomic E-state index is -2.93. The van der Waals surface area contributed by atoms with Crippen molar-refractivity contribution in [3.05, 3.63) is 59.7 Å². The molecule has 0 spiro atoms. The van der Waals surface area contributed by atoms with E-state index in [1.54, 1.807) is 25.1 Å². The molecule has 1 aliphatic heterocycles. The Kier molecular flexibility index (Phi) is 9.06. The number of halogens is 2. The topological polar surface area (TPSA) is 54.0 Å². The Hall–Kier alpha value is -3.13. The third-order valence-electron chi connectivity index (χ3n) is 5.38. The highest BCUT2D eigenvalue weighted by molar-refractivity contribution is 5.91. The van der Waals surface area contributed by atoms with E-state index in [2.05, 4.69) is 51.0 Å². The van der Waals surface area contributed by atoms with Crippen molar-refractivity contribution in [1.82, 2.24) is 10.2 Å². The third kappa shape index (κ3) is 7.75. The summed E-state index contributed by atoms with van der Waals surface area (Å²) in [6.07, 6.45) is 3.04. The van der Waals surface area contributed by atoms with Crippen molar-refractivity contribution >= 4 is 17.7 Å². The average Bonchev–Trinajstić information content (AvgIpc) is 2.79. The predicted molar refractivity (Wildman–Crippen MR) is 126 cm³/mol. The second-order valence-corrected chi connectivity index (χ2v) is 7.81. The Labute approximate surface area is 193 Å². The van der Waals surface area contributed by atoms with Crippen LogP contribution in [0.3, 0.4) is 0 Å². The fourth-order valence-electron chi connectivity index (χ4n) is 3.71. The van der Waals surface area contributed by atoms with Crippen LogP contribution in [0.15, 0.2) is 48.5 Å². The molecule has 1 fully saturated rings. The number of nitrogens with zero attached hydrogens (tertiary/aromatic N) is 2. The Morgan fingerprint density at radius 3 is 2.61 bits per heavy atom. The molecule has 1 N–H and O–H groups in total. The van der Waals surface area contributed by atoms with Crippen molar-refractivity contribution < 1.29 is 23.0 Å². The SMILES string of the molecule is CCOc1cc(/C=C/C(=O)NCCN2CCN(c3cccc(C)c3)CC2)ccc1OC(F)F. The van der Waals surface area contributed by atoms with Crippen molar-refractivity contribution in [3.63, 3.8) is 0 Å². The van der Waals surface area contributed by atoms with Crippen LogP contribution in [0.5, 0.6) is 11.5 Å². The summed E-state index contributed by atoms with van der Waals surface area (Å²) in [4.78, 5) is 16.9. The number of hydrogen-bond acceptors (Lipinski definition) is 5. The van der Waals surface area contributed by atoms with E-state index >= 15 is 0 Å². The number of carbonyl (C=O) groups is 1. The lowest BCUT2D eigenvalue weighted by Gasteiger charge is -2.36. The van der Waals surface area contributed by atoms with Gasteiger partial charge in [0.15, 0.2) is 11.5 Å². The first-order valence-electron chi connectivity index (χ1n) is 11.2. The maximum absolute atomic E-state index is 12.5. The van der Waals surface area contributed by atoms with Crippen LogP contribution in [-0.4, -0.2) is 63.3 Å². The fourth-order valence-corrected chi connectivity index (χ4v) is 3.71. The van der Waals surface area contributed by atoms with E-state index in [1.807, 2.05) is 0 Å². The summed E-state index contributed by atoms with van der Waals surface area (Å²) >= 11 is 0. The van der Waals surface area contributed by atoms with Crippen molar-refractivity contribution in [2.75, 3.05) is 50.8 Å². The molecule has 1 saturated heterocycles. The first kappa shape index (κ1) is 24.5. The highest BCUT2D eigenvalue weighted by Crippen LogP contribution is 2.30. The summed E-state index contributed by atoms with van der Waals surface area (Å²) in [5.41, 5.74) is 3.18.